The number of benzene rings is 1. The van der Waals surface area contributed by atoms with E-state index in [1.54, 1.807) is 7.11 Å². The number of hydrogen-bond acceptors (Lipinski definition) is 3. The van der Waals surface area contributed by atoms with Crippen molar-refractivity contribution in [2.75, 3.05) is 13.9 Å². The Balaban J connectivity index is 1.94. The van der Waals surface area contributed by atoms with Crippen LogP contribution in [0.25, 0.3) is 0 Å². The largest absolute Gasteiger partial charge is 0.490 e. The summed E-state index contributed by atoms with van der Waals surface area (Å²) in [6.45, 7) is 0.271. The fourth-order valence-corrected chi connectivity index (χ4v) is 1.14. The van der Waals surface area contributed by atoms with Crippen LogP contribution in [0.5, 0.6) is 11.5 Å². The second-order valence-corrected chi connectivity index (χ2v) is 3.34. The predicted octanol–water partition coefficient (Wildman–Crippen LogP) is 2.21. The van der Waals surface area contributed by atoms with Gasteiger partial charge in [-0.2, -0.15) is 0 Å². The highest BCUT2D eigenvalue weighted by atomic mass is 16.7. The molecule has 0 aliphatic heterocycles. The van der Waals surface area contributed by atoms with E-state index < -0.39 is 0 Å². The SMILES string of the molecule is COCOc1cccc(OC2CC2)c1. The van der Waals surface area contributed by atoms with Crippen molar-refractivity contribution in [2.24, 2.45) is 0 Å². The Morgan fingerprint density at radius 2 is 2.07 bits per heavy atom. The van der Waals surface area contributed by atoms with E-state index in [-0.39, 0.29) is 6.79 Å². The molecule has 14 heavy (non-hydrogen) atoms. The highest BCUT2D eigenvalue weighted by molar-refractivity contribution is 5.33. The van der Waals surface area contributed by atoms with E-state index in [2.05, 4.69) is 0 Å². The van der Waals surface area contributed by atoms with E-state index in [1.165, 1.54) is 12.8 Å². The minimum atomic E-state index is 0.271. The van der Waals surface area contributed by atoms with Gasteiger partial charge in [-0.25, -0.2) is 0 Å². The fraction of sp³-hybridized carbons (Fsp3) is 0.455. The molecule has 0 saturated heterocycles. The predicted molar refractivity (Wildman–Crippen MR) is 52.6 cm³/mol. The summed E-state index contributed by atoms with van der Waals surface area (Å²) in [4.78, 5) is 0. The van der Waals surface area contributed by atoms with Crippen LogP contribution in [0, 0.1) is 0 Å². The molecule has 2 rings (SSSR count). The first-order chi connectivity index (χ1) is 6.88. The normalized spacial score (nSPS) is 15.2. The van der Waals surface area contributed by atoms with E-state index in [0.29, 0.717) is 6.10 Å². The second-order valence-electron chi connectivity index (χ2n) is 3.34. The van der Waals surface area contributed by atoms with Gasteiger partial charge in [-0.3, -0.25) is 0 Å². The molecule has 1 fully saturated rings. The fourth-order valence-electron chi connectivity index (χ4n) is 1.14. The lowest BCUT2D eigenvalue weighted by Gasteiger charge is -2.07. The third-order valence-corrected chi connectivity index (χ3v) is 1.98. The molecule has 0 N–H and O–H groups in total. The molecule has 1 aromatic rings. The summed E-state index contributed by atoms with van der Waals surface area (Å²) in [5.74, 6) is 1.66. The second kappa shape index (κ2) is 4.33. The average molecular weight is 194 g/mol. The molecule has 1 aliphatic rings. The molecule has 1 saturated carbocycles. The van der Waals surface area contributed by atoms with E-state index in [4.69, 9.17) is 14.2 Å². The van der Waals surface area contributed by atoms with Crippen LogP contribution in [0.15, 0.2) is 24.3 Å². The van der Waals surface area contributed by atoms with E-state index in [0.717, 1.165) is 11.5 Å². The summed E-state index contributed by atoms with van der Waals surface area (Å²) in [5, 5.41) is 0. The summed E-state index contributed by atoms with van der Waals surface area (Å²) >= 11 is 0. The third-order valence-electron chi connectivity index (χ3n) is 1.98. The molecule has 0 amide bonds. The Kier molecular flexibility index (Phi) is 2.89. The quantitative estimate of drug-likeness (QED) is 0.672. The Labute approximate surface area is 83.6 Å². The van der Waals surface area contributed by atoms with Crippen LogP contribution in [0.2, 0.25) is 0 Å². The van der Waals surface area contributed by atoms with Crippen molar-refractivity contribution in [3.63, 3.8) is 0 Å². The first-order valence-electron chi connectivity index (χ1n) is 4.77. The smallest absolute Gasteiger partial charge is 0.188 e. The Hall–Kier alpha value is -1.22. The van der Waals surface area contributed by atoms with Gasteiger partial charge in [0.05, 0.1) is 6.10 Å². The van der Waals surface area contributed by atoms with Crippen molar-refractivity contribution < 1.29 is 14.2 Å². The number of hydrogen-bond donors (Lipinski definition) is 0. The van der Waals surface area contributed by atoms with Crippen molar-refractivity contribution in [1.29, 1.82) is 0 Å². The Morgan fingerprint density at radius 1 is 1.29 bits per heavy atom. The van der Waals surface area contributed by atoms with Crippen molar-refractivity contribution >= 4 is 0 Å². The highest BCUT2D eigenvalue weighted by Crippen LogP contribution is 2.28. The maximum Gasteiger partial charge on any atom is 0.188 e. The summed E-state index contributed by atoms with van der Waals surface area (Å²) in [5.41, 5.74) is 0. The molecule has 1 aromatic carbocycles. The van der Waals surface area contributed by atoms with Crippen LogP contribution in [-0.4, -0.2) is 20.0 Å². The van der Waals surface area contributed by atoms with Crippen LogP contribution in [-0.2, 0) is 4.74 Å². The van der Waals surface area contributed by atoms with Crippen molar-refractivity contribution in [2.45, 2.75) is 18.9 Å². The molecule has 0 spiro atoms. The summed E-state index contributed by atoms with van der Waals surface area (Å²) in [6.07, 6.45) is 2.76. The van der Waals surface area contributed by atoms with E-state index in [1.807, 2.05) is 24.3 Å². The van der Waals surface area contributed by atoms with Crippen molar-refractivity contribution in [3.05, 3.63) is 24.3 Å². The molecule has 0 aromatic heterocycles. The van der Waals surface area contributed by atoms with Gasteiger partial charge in [-0.05, 0) is 25.0 Å². The van der Waals surface area contributed by atoms with Gasteiger partial charge < -0.3 is 14.2 Å². The number of ether oxygens (including phenoxy) is 3. The van der Waals surface area contributed by atoms with Gasteiger partial charge in [0, 0.05) is 13.2 Å². The van der Waals surface area contributed by atoms with Crippen LogP contribution < -0.4 is 9.47 Å². The number of methoxy groups -OCH3 is 1. The summed E-state index contributed by atoms with van der Waals surface area (Å²) < 4.78 is 15.7. The standard InChI is InChI=1S/C11H14O3/c1-12-8-13-10-3-2-4-11(7-10)14-9-5-6-9/h2-4,7,9H,5-6,8H2,1H3. The van der Waals surface area contributed by atoms with Gasteiger partial charge in [0.2, 0.25) is 0 Å². The van der Waals surface area contributed by atoms with Crippen LogP contribution in [0.1, 0.15) is 12.8 Å². The lowest BCUT2D eigenvalue weighted by Crippen LogP contribution is -2.00. The third kappa shape index (κ3) is 2.64. The van der Waals surface area contributed by atoms with Crippen LogP contribution >= 0.6 is 0 Å². The molecule has 0 radical (unpaired) electrons. The molecule has 0 heterocycles. The first-order valence-corrected chi connectivity index (χ1v) is 4.77. The van der Waals surface area contributed by atoms with Gasteiger partial charge >= 0.3 is 0 Å². The van der Waals surface area contributed by atoms with E-state index in [9.17, 15) is 0 Å². The van der Waals surface area contributed by atoms with Gasteiger partial charge in [0.15, 0.2) is 6.79 Å². The molecule has 0 bridgehead atoms. The Morgan fingerprint density at radius 3 is 2.79 bits per heavy atom. The molecular formula is C11H14O3. The van der Waals surface area contributed by atoms with Gasteiger partial charge in [0.25, 0.3) is 0 Å². The summed E-state index contributed by atoms with van der Waals surface area (Å²) in [7, 11) is 1.60. The molecule has 0 atom stereocenters. The molecule has 0 unspecified atom stereocenters. The minimum absolute atomic E-state index is 0.271. The highest BCUT2D eigenvalue weighted by Gasteiger charge is 2.23. The van der Waals surface area contributed by atoms with Crippen LogP contribution in [0.3, 0.4) is 0 Å². The monoisotopic (exact) mass is 194 g/mol. The zero-order valence-electron chi connectivity index (χ0n) is 8.23. The van der Waals surface area contributed by atoms with Crippen LogP contribution in [0.4, 0.5) is 0 Å². The zero-order valence-corrected chi connectivity index (χ0v) is 8.23. The summed E-state index contributed by atoms with van der Waals surface area (Å²) in [6, 6.07) is 7.64. The molecule has 76 valence electrons. The van der Waals surface area contributed by atoms with Gasteiger partial charge in [-0.1, -0.05) is 6.07 Å². The topological polar surface area (TPSA) is 27.7 Å². The lowest BCUT2D eigenvalue weighted by molar-refractivity contribution is 0.0509. The molecule has 3 nitrogen and oxygen atoms in total. The average Bonchev–Trinajstić information content (AvgIpc) is 2.99. The first kappa shape index (κ1) is 9.34. The number of rotatable bonds is 5. The van der Waals surface area contributed by atoms with E-state index >= 15 is 0 Å². The molecule has 3 heteroatoms. The molecule has 1 aliphatic carbocycles. The van der Waals surface area contributed by atoms with Gasteiger partial charge in [0.1, 0.15) is 11.5 Å². The minimum Gasteiger partial charge on any atom is -0.490 e. The molecular weight excluding hydrogens is 180 g/mol. The Bertz CT molecular complexity index is 294. The van der Waals surface area contributed by atoms with Crippen molar-refractivity contribution in [3.8, 4) is 11.5 Å². The maximum absolute atomic E-state index is 5.63. The zero-order chi connectivity index (χ0) is 9.80. The lowest BCUT2D eigenvalue weighted by atomic mass is 10.3. The van der Waals surface area contributed by atoms with Gasteiger partial charge in [-0.15, -0.1) is 0 Å². The maximum atomic E-state index is 5.63. The van der Waals surface area contributed by atoms with Crippen molar-refractivity contribution in [1.82, 2.24) is 0 Å².